The number of thiophene rings is 1. The van der Waals surface area contributed by atoms with Crippen LogP contribution in [-0.4, -0.2) is 31.6 Å². The number of benzene rings is 1. The predicted molar refractivity (Wildman–Crippen MR) is 93.9 cm³/mol. The summed E-state index contributed by atoms with van der Waals surface area (Å²) in [5, 5.41) is 16.7. The molecule has 0 aliphatic rings. The maximum atomic E-state index is 12.0. The van der Waals surface area contributed by atoms with E-state index in [0.717, 1.165) is 0 Å². The molecule has 0 unspecified atom stereocenters. The second kappa shape index (κ2) is 7.97. The number of nitrogens with one attached hydrogen (secondary N) is 2. The number of rotatable bonds is 5. The first-order valence-electron chi connectivity index (χ1n) is 6.95. The summed E-state index contributed by atoms with van der Waals surface area (Å²) in [7, 11) is 3.95. The van der Waals surface area contributed by atoms with E-state index in [1.165, 1.54) is 4.88 Å². The van der Waals surface area contributed by atoms with Crippen LogP contribution >= 0.6 is 22.9 Å². The van der Waals surface area contributed by atoms with Crippen LogP contribution in [0.15, 0.2) is 35.7 Å². The first kappa shape index (κ1) is 17.3. The number of hydrogen-bond donors (Lipinski definition) is 2. The number of amides is 2. The van der Waals surface area contributed by atoms with E-state index < -0.39 is 0 Å². The zero-order chi connectivity index (χ0) is 16.8. The van der Waals surface area contributed by atoms with Crippen molar-refractivity contribution in [3.05, 3.63) is 51.2 Å². The minimum atomic E-state index is -0.311. The summed E-state index contributed by atoms with van der Waals surface area (Å²) in [6.07, 6.45) is 0. The maximum absolute atomic E-state index is 12.0. The molecule has 0 saturated carbocycles. The molecule has 5 nitrogen and oxygen atoms in total. The quantitative estimate of drug-likeness (QED) is 0.865. The Labute approximate surface area is 144 Å². The van der Waals surface area contributed by atoms with Crippen LogP contribution in [0.2, 0.25) is 5.02 Å². The maximum Gasteiger partial charge on any atom is 0.319 e. The minimum absolute atomic E-state index is 0.116. The van der Waals surface area contributed by atoms with E-state index in [1.54, 1.807) is 29.5 Å². The molecule has 1 heterocycles. The van der Waals surface area contributed by atoms with E-state index in [4.69, 9.17) is 16.9 Å². The standard InChI is InChI=1S/C16H17ClN4OS/c1-21(2)14(15-4-3-7-23-15)10-19-16(22)20-12-6-5-11(9-18)13(17)8-12/h3-8,14H,10H2,1-2H3,(H2,19,20,22)/t14-/m1/s1. The lowest BCUT2D eigenvalue weighted by atomic mass is 10.2. The van der Waals surface area contributed by atoms with Gasteiger partial charge in [0.1, 0.15) is 6.07 Å². The number of carbonyl (C=O) groups is 1. The fraction of sp³-hybridized carbons (Fsp3) is 0.250. The van der Waals surface area contributed by atoms with Gasteiger partial charge in [-0.15, -0.1) is 11.3 Å². The number of anilines is 1. The lowest BCUT2D eigenvalue weighted by Gasteiger charge is -2.23. The topological polar surface area (TPSA) is 68.2 Å². The number of hydrogen-bond acceptors (Lipinski definition) is 4. The van der Waals surface area contributed by atoms with E-state index in [2.05, 4.69) is 21.6 Å². The molecule has 2 amide bonds. The number of likely N-dealkylation sites (N-methyl/N-ethyl adjacent to an activating group) is 1. The Morgan fingerprint density at radius 3 is 2.78 bits per heavy atom. The number of halogens is 1. The highest BCUT2D eigenvalue weighted by Crippen LogP contribution is 2.23. The smallest absolute Gasteiger partial charge is 0.319 e. The molecular weight excluding hydrogens is 332 g/mol. The van der Waals surface area contributed by atoms with Gasteiger partial charge in [0.05, 0.1) is 16.6 Å². The monoisotopic (exact) mass is 348 g/mol. The molecule has 0 aliphatic heterocycles. The third kappa shape index (κ3) is 4.70. The fourth-order valence-electron chi connectivity index (χ4n) is 2.07. The second-order valence-electron chi connectivity index (χ2n) is 5.14. The van der Waals surface area contributed by atoms with Gasteiger partial charge in [-0.2, -0.15) is 5.26 Å². The highest BCUT2D eigenvalue weighted by molar-refractivity contribution is 7.10. The van der Waals surface area contributed by atoms with Gasteiger partial charge in [-0.05, 0) is 43.7 Å². The van der Waals surface area contributed by atoms with Crippen molar-refractivity contribution < 1.29 is 4.79 Å². The van der Waals surface area contributed by atoms with Crippen molar-refractivity contribution in [2.24, 2.45) is 0 Å². The molecule has 2 rings (SSSR count). The van der Waals surface area contributed by atoms with Gasteiger partial charge in [0.2, 0.25) is 0 Å². The van der Waals surface area contributed by atoms with E-state index in [1.807, 2.05) is 31.6 Å². The van der Waals surface area contributed by atoms with E-state index in [-0.39, 0.29) is 12.1 Å². The zero-order valence-electron chi connectivity index (χ0n) is 12.8. The fourth-order valence-corrected chi connectivity index (χ4v) is 3.21. The average Bonchev–Trinajstić information content (AvgIpc) is 3.01. The molecule has 120 valence electrons. The largest absolute Gasteiger partial charge is 0.336 e. The number of nitriles is 1. The Balaban J connectivity index is 1.94. The first-order valence-corrected chi connectivity index (χ1v) is 8.21. The van der Waals surface area contributed by atoms with E-state index >= 15 is 0 Å². The molecule has 0 fully saturated rings. The molecular formula is C16H17ClN4OS. The summed E-state index contributed by atoms with van der Waals surface area (Å²) in [5.41, 5.74) is 0.923. The summed E-state index contributed by atoms with van der Waals surface area (Å²) >= 11 is 7.61. The summed E-state index contributed by atoms with van der Waals surface area (Å²) in [6.45, 7) is 0.489. The van der Waals surface area contributed by atoms with E-state index in [0.29, 0.717) is 22.8 Å². The molecule has 2 aromatic rings. The summed E-state index contributed by atoms with van der Waals surface area (Å²) < 4.78 is 0. The zero-order valence-corrected chi connectivity index (χ0v) is 14.4. The Morgan fingerprint density at radius 2 is 2.22 bits per heavy atom. The molecule has 7 heteroatoms. The molecule has 23 heavy (non-hydrogen) atoms. The van der Waals surface area contributed by atoms with Crippen molar-refractivity contribution in [2.45, 2.75) is 6.04 Å². The van der Waals surface area contributed by atoms with Crippen LogP contribution in [0.3, 0.4) is 0 Å². The lowest BCUT2D eigenvalue weighted by Crippen LogP contribution is -2.36. The van der Waals surface area contributed by atoms with Crippen LogP contribution in [-0.2, 0) is 0 Å². The van der Waals surface area contributed by atoms with Crippen LogP contribution in [0.1, 0.15) is 16.5 Å². The van der Waals surface area contributed by atoms with Crippen molar-refractivity contribution in [3.8, 4) is 6.07 Å². The number of carbonyl (C=O) groups excluding carboxylic acids is 1. The summed E-state index contributed by atoms with van der Waals surface area (Å²) in [6, 6.07) is 10.6. The molecule has 0 bridgehead atoms. The van der Waals surface area contributed by atoms with Crippen molar-refractivity contribution in [3.63, 3.8) is 0 Å². The van der Waals surface area contributed by atoms with Crippen LogP contribution in [0.5, 0.6) is 0 Å². The average molecular weight is 349 g/mol. The first-order chi connectivity index (χ1) is 11.0. The van der Waals surface area contributed by atoms with Gasteiger partial charge in [0, 0.05) is 17.1 Å². The molecule has 1 aromatic carbocycles. The molecule has 0 saturated heterocycles. The molecule has 0 aliphatic carbocycles. The highest BCUT2D eigenvalue weighted by atomic mass is 35.5. The van der Waals surface area contributed by atoms with Crippen molar-refractivity contribution in [1.82, 2.24) is 10.2 Å². The van der Waals surface area contributed by atoms with Crippen molar-refractivity contribution in [1.29, 1.82) is 5.26 Å². The van der Waals surface area contributed by atoms with Gasteiger partial charge in [-0.25, -0.2) is 4.79 Å². The Hall–Kier alpha value is -2.07. The third-order valence-electron chi connectivity index (χ3n) is 3.30. The van der Waals surface area contributed by atoms with Crippen molar-refractivity contribution >= 4 is 34.7 Å². The van der Waals surface area contributed by atoms with Crippen LogP contribution < -0.4 is 10.6 Å². The molecule has 1 atom stereocenters. The minimum Gasteiger partial charge on any atom is -0.336 e. The Kier molecular flexibility index (Phi) is 5.99. The molecule has 2 N–H and O–H groups in total. The third-order valence-corrected chi connectivity index (χ3v) is 4.58. The second-order valence-corrected chi connectivity index (χ2v) is 6.52. The van der Waals surface area contributed by atoms with Gasteiger partial charge in [0.25, 0.3) is 0 Å². The van der Waals surface area contributed by atoms with Crippen molar-refractivity contribution in [2.75, 3.05) is 26.0 Å². The van der Waals surface area contributed by atoms with Crippen LogP contribution in [0.4, 0.5) is 10.5 Å². The highest BCUT2D eigenvalue weighted by Gasteiger charge is 2.16. The molecule has 0 radical (unpaired) electrons. The van der Waals surface area contributed by atoms with Crippen LogP contribution in [0, 0.1) is 11.3 Å². The number of nitrogens with zero attached hydrogens (tertiary/aromatic N) is 2. The van der Waals surface area contributed by atoms with Gasteiger partial charge < -0.3 is 15.5 Å². The molecule has 0 spiro atoms. The van der Waals surface area contributed by atoms with Crippen LogP contribution in [0.25, 0.3) is 0 Å². The summed E-state index contributed by atoms with van der Waals surface area (Å²) in [4.78, 5) is 15.3. The lowest BCUT2D eigenvalue weighted by molar-refractivity contribution is 0.244. The molecule has 1 aromatic heterocycles. The number of urea groups is 1. The SMILES string of the molecule is CN(C)[C@H](CNC(=O)Nc1ccc(C#N)c(Cl)c1)c1cccs1. The Morgan fingerprint density at radius 1 is 1.43 bits per heavy atom. The van der Waals surface area contributed by atoms with Gasteiger partial charge >= 0.3 is 6.03 Å². The Bertz CT molecular complexity index is 709. The normalized spacial score (nSPS) is 11.8. The van der Waals surface area contributed by atoms with Gasteiger partial charge in [-0.3, -0.25) is 0 Å². The van der Waals surface area contributed by atoms with Gasteiger partial charge in [0.15, 0.2) is 0 Å². The van der Waals surface area contributed by atoms with E-state index in [9.17, 15) is 4.79 Å². The predicted octanol–water partition coefficient (Wildman–Crippen LogP) is 3.70. The van der Waals surface area contributed by atoms with Gasteiger partial charge in [-0.1, -0.05) is 17.7 Å². The summed E-state index contributed by atoms with van der Waals surface area (Å²) in [5.74, 6) is 0.